The number of benzene rings is 1. The molecule has 0 radical (unpaired) electrons. The minimum Gasteiger partial charge on any atom is -0.479 e. The van der Waals surface area contributed by atoms with E-state index in [1.807, 2.05) is 25.2 Å². The molecule has 0 bridgehead atoms. The number of anilines is 1. The van der Waals surface area contributed by atoms with E-state index in [0.717, 1.165) is 5.56 Å². The molecule has 0 aromatic heterocycles. The molecule has 2 N–H and O–H groups in total. The minimum absolute atomic E-state index is 0.0564. The van der Waals surface area contributed by atoms with Gasteiger partial charge in [0.25, 0.3) is 5.91 Å². The Morgan fingerprint density at radius 2 is 2.26 bits per heavy atom. The Morgan fingerprint density at radius 1 is 1.53 bits per heavy atom. The first-order chi connectivity index (χ1) is 9.01. The standard InChI is InChI=1S/C14H18N2O3/c1-8(17)6-11(15-3)10-4-5-13-12(7-10)16-14(18)9(2)19-13/h4-5,7,9,11,15H,6H2,1-3H3,(H,16,18). The quantitative estimate of drug-likeness (QED) is 0.865. The maximum Gasteiger partial charge on any atom is 0.265 e. The molecular weight excluding hydrogens is 244 g/mol. The zero-order chi connectivity index (χ0) is 14.0. The highest BCUT2D eigenvalue weighted by Crippen LogP contribution is 2.32. The largest absolute Gasteiger partial charge is 0.479 e. The number of ketones is 1. The summed E-state index contributed by atoms with van der Waals surface area (Å²) in [7, 11) is 1.81. The lowest BCUT2D eigenvalue weighted by molar-refractivity contribution is -0.122. The van der Waals surface area contributed by atoms with Gasteiger partial charge < -0.3 is 15.4 Å². The van der Waals surface area contributed by atoms with Gasteiger partial charge in [-0.2, -0.15) is 0 Å². The fourth-order valence-electron chi connectivity index (χ4n) is 2.12. The number of ether oxygens (including phenoxy) is 1. The average molecular weight is 262 g/mol. The van der Waals surface area contributed by atoms with Crippen molar-refractivity contribution in [1.82, 2.24) is 5.32 Å². The summed E-state index contributed by atoms with van der Waals surface area (Å²) in [5.41, 5.74) is 1.61. The van der Waals surface area contributed by atoms with E-state index in [2.05, 4.69) is 10.6 Å². The monoisotopic (exact) mass is 262 g/mol. The van der Waals surface area contributed by atoms with E-state index < -0.39 is 6.10 Å². The second-order valence-electron chi connectivity index (χ2n) is 4.75. The van der Waals surface area contributed by atoms with Crippen LogP contribution in [0.2, 0.25) is 0 Å². The van der Waals surface area contributed by atoms with Gasteiger partial charge in [0.05, 0.1) is 5.69 Å². The lowest BCUT2D eigenvalue weighted by Crippen LogP contribution is -2.34. The van der Waals surface area contributed by atoms with Crippen LogP contribution in [-0.4, -0.2) is 24.8 Å². The van der Waals surface area contributed by atoms with Crippen molar-refractivity contribution in [1.29, 1.82) is 0 Å². The molecule has 5 nitrogen and oxygen atoms in total. The molecule has 1 aromatic rings. The number of amides is 1. The second-order valence-corrected chi connectivity index (χ2v) is 4.75. The Morgan fingerprint density at radius 3 is 2.89 bits per heavy atom. The molecule has 0 spiro atoms. The number of rotatable bonds is 4. The van der Waals surface area contributed by atoms with Crippen LogP contribution in [0.5, 0.6) is 5.75 Å². The summed E-state index contributed by atoms with van der Waals surface area (Å²) in [5.74, 6) is 0.622. The van der Waals surface area contributed by atoms with Crippen LogP contribution < -0.4 is 15.4 Å². The summed E-state index contributed by atoms with van der Waals surface area (Å²) in [6.45, 7) is 3.27. The molecule has 0 saturated carbocycles. The van der Waals surface area contributed by atoms with Crippen molar-refractivity contribution >= 4 is 17.4 Å². The zero-order valence-electron chi connectivity index (χ0n) is 11.3. The fourth-order valence-corrected chi connectivity index (χ4v) is 2.12. The third kappa shape index (κ3) is 2.93. The van der Waals surface area contributed by atoms with E-state index in [-0.39, 0.29) is 17.7 Å². The van der Waals surface area contributed by atoms with E-state index in [4.69, 9.17) is 4.74 Å². The Kier molecular flexibility index (Phi) is 3.85. The number of hydrogen-bond acceptors (Lipinski definition) is 4. The number of hydrogen-bond donors (Lipinski definition) is 2. The highest BCUT2D eigenvalue weighted by Gasteiger charge is 2.24. The van der Waals surface area contributed by atoms with Crippen molar-refractivity contribution in [3.63, 3.8) is 0 Å². The Labute approximate surface area is 112 Å². The van der Waals surface area contributed by atoms with Gasteiger partial charge in [0, 0.05) is 12.5 Å². The lowest BCUT2D eigenvalue weighted by Gasteiger charge is -2.25. The van der Waals surface area contributed by atoms with Gasteiger partial charge in [-0.25, -0.2) is 0 Å². The normalized spacial score (nSPS) is 19.1. The van der Waals surface area contributed by atoms with Gasteiger partial charge in [0.1, 0.15) is 11.5 Å². The van der Waals surface area contributed by atoms with Crippen molar-refractivity contribution in [2.75, 3.05) is 12.4 Å². The molecule has 1 aliphatic rings. The van der Waals surface area contributed by atoms with E-state index in [9.17, 15) is 9.59 Å². The van der Waals surface area contributed by atoms with Gasteiger partial charge in [-0.05, 0) is 38.6 Å². The Bertz CT molecular complexity index is 513. The molecule has 5 heteroatoms. The number of carbonyl (C=O) groups excluding carboxylic acids is 2. The summed E-state index contributed by atoms with van der Waals surface area (Å²) in [4.78, 5) is 22.8. The first kappa shape index (κ1) is 13.5. The van der Waals surface area contributed by atoms with Crippen LogP contribution in [0.3, 0.4) is 0 Å². The molecule has 1 aromatic carbocycles. The summed E-state index contributed by atoms with van der Waals surface area (Å²) in [5, 5.41) is 5.91. The summed E-state index contributed by atoms with van der Waals surface area (Å²) < 4.78 is 5.49. The van der Waals surface area contributed by atoms with Crippen LogP contribution in [0.25, 0.3) is 0 Å². The highest BCUT2D eigenvalue weighted by molar-refractivity contribution is 5.97. The molecule has 2 rings (SSSR count). The molecule has 102 valence electrons. The molecule has 2 unspecified atom stereocenters. The van der Waals surface area contributed by atoms with Crippen molar-refractivity contribution in [2.45, 2.75) is 32.4 Å². The predicted molar refractivity (Wildman–Crippen MR) is 72.3 cm³/mol. The number of Topliss-reactive ketones (excluding diaryl/α,β-unsaturated/α-hetero) is 1. The van der Waals surface area contributed by atoms with Crippen LogP contribution >= 0.6 is 0 Å². The van der Waals surface area contributed by atoms with Gasteiger partial charge in [0.2, 0.25) is 0 Å². The average Bonchev–Trinajstić information content (AvgIpc) is 2.36. The number of nitrogens with one attached hydrogen (secondary N) is 2. The van der Waals surface area contributed by atoms with Crippen LogP contribution in [0.1, 0.15) is 31.9 Å². The van der Waals surface area contributed by atoms with Gasteiger partial charge >= 0.3 is 0 Å². The van der Waals surface area contributed by atoms with E-state index in [0.29, 0.717) is 17.9 Å². The van der Waals surface area contributed by atoms with Gasteiger partial charge in [-0.1, -0.05) is 6.07 Å². The smallest absolute Gasteiger partial charge is 0.265 e. The molecule has 0 aliphatic carbocycles. The van der Waals surface area contributed by atoms with E-state index in [1.54, 1.807) is 13.8 Å². The molecular formula is C14H18N2O3. The fraction of sp³-hybridized carbons (Fsp3) is 0.429. The lowest BCUT2D eigenvalue weighted by atomic mass is 10.0. The van der Waals surface area contributed by atoms with Crippen LogP contribution in [0, 0.1) is 0 Å². The molecule has 19 heavy (non-hydrogen) atoms. The van der Waals surface area contributed by atoms with Gasteiger partial charge in [-0.15, -0.1) is 0 Å². The first-order valence-electron chi connectivity index (χ1n) is 6.29. The van der Waals surface area contributed by atoms with Crippen molar-refractivity contribution in [3.05, 3.63) is 23.8 Å². The highest BCUT2D eigenvalue weighted by atomic mass is 16.5. The third-order valence-electron chi connectivity index (χ3n) is 3.18. The van der Waals surface area contributed by atoms with Gasteiger partial charge in [0.15, 0.2) is 6.10 Å². The maximum absolute atomic E-state index is 11.6. The van der Waals surface area contributed by atoms with E-state index >= 15 is 0 Å². The minimum atomic E-state index is -0.476. The van der Waals surface area contributed by atoms with Crippen molar-refractivity contribution in [3.8, 4) is 5.75 Å². The summed E-state index contributed by atoms with van der Waals surface area (Å²) in [6.07, 6.45) is -0.0591. The summed E-state index contributed by atoms with van der Waals surface area (Å²) >= 11 is 0. The molecule has 0 fully saturated rings. The predicted octanol–water partition coefficient (Wildman–Crippen LogP) is 1.65. The van der Waals surface area contributed by atoms with Crippen molar-refractivity contribution < 1.29 is 14.3 Å². The maximum atomic E-state index is 11.6. The van der Waals surface area contributed by atoms with Crippen LogP contribution in [-0.2, 0) is 9.59 Å². The third-order valence-corrected chi connectivity index (χ3v) is 3.18. The number of fused-ring (bicyclic) bond motifs is 1. The second kappa shape index (κ2) is 5.40. The Hall–Kier alpha value is -1.88. The summed E-state index contributed by atoms with van der Waals surface area (Å²) in [6, 6.07) is 5.53. The van der Waals surface area contributed by atoms with Gasteiger partial charge in [-0.3, -0.25) is 9.59 Å². The first-order valence-corrected chi connectivity index (χ1v) is 6.29. The van der Waals surface area contributed by atoms with Crippen LogP contribution in [0.4, 0.5) is 5.69 Å². The van der Waals surface area contributed by atoms with E-state index in [1.165, 1.54) is 0 Å². The molecule has 1 aliphatic heterocycles. The Balaban J connectivity index is 2.27. The number of carbonyl (C=O) groups is 2. The molecule has 2 atom stereocenters. The molecule has 1 heterocycles. The topological polar surface area (TPSA) is 67.4 Å². The molecule has 0 saturated heterocycles. The van der Waals surface area contributed by atoms with Crippen molar-refractivity contribution in [2.24, 2.45) is 0 Å². The zero-order valence-corrected chi connectivity index (χ0v) is 11.3. The SMILES string of the molecule is CNC(CC(C)=O)c1ccc2c(c1)NC(=O)C(C)O2. The van der Waals surface area contributed by atoms with Crippen LogP contribution in [0.15, 0.2) is 18.2 Å². The molecule has 1 amide bonds.